The molecule has 0 saturated heterocycles. The summed E-state index contributed by atoms with van der Waals surface area (Å²) < 4.78 is 2.02. The summed E-state index contributed by atoms with van der Waals surface area (Å²) in [6.45, 7) is 4.95. The van der Waals surface area contributed by atoms with Crippen molar-refractivity contribution in [3.05, 3.63) is 71.4 Å². The summed E-state index contributed by atoms with van der Waals surface area (Å²) in [5.41, 5.74) is 6.53. The van der Waals surface area contributed by atoms with E-state index in [-0.39, 0.29) is 0 Å². The number of imidazole rings is 1. The fourth-order valence-corrected chi connectivity index (χ4v) is 2.73. The van der Waals surface area contributed by atoms with Crippen molar-refractivity contribution in [3.8, 4) is 11.5 Å². The fraction of sp³-hybridized carbons (Fsp3) is 0.158. The highest BCUT2D eigenvalue weighted by molar-refractivity contribution is 5.78. The normalized spacial score (nSPS) is 11.2. The predicted octanol–water partition coefficient (Wildman–Crippen LogP) is 4.09. The molecule has 0 amide bonds. The van der Waals surface area contributed by atoms with Crippen LogP contribution in [0.3, 0.4) is 0 Å². The van der Waals surface area contributed by atoms with Crippen LogP contribution < -0.4 is 0 Å². The van der Waals surface area contributed by atoms with Crippen molar-refractivity contribution in [1.29, 1.82) is 0 Å². The second-order valence-electron chi connectivity index (χ2n) is 5.92. The standard InChI is InChI=1S/C19H18N4/c1-13-7-9-15(10-8-13)12-23-14(2)11-18(22-23)19-20-16-5-3-4-6-17(16)21-19/h3-11H,12H2,1-2H3,(H,20,21). The van der Waals surface area contributed by atoms with Crippen LogP contribution in [0.1, 0.15) is 16.8 Å². The van der Waals surface area contributed by atoms with Gasteiger partial charge in [0.2, 0.25) is 0 Å². The number of rotatable bonds is 3. The third-order valence-electron chi connectivity index (χ3n) is 4.07. The van der Waals surface area contributed by atoms with E-state index in [0.717, 1.165) is 34.8 Å². The molecule has 0 radical (unpaired) electrons. The Hall–Kier alpha value is -2.88. The van der Waals surface area contributed by atoms with Crippen molar-refractivity contribution in [2.75, 3.05) is 0 Å². The van der Waals surface area contributed by atoms with E-state index in [1.165, 1.54) is 11.1 Å². The van der Waals surface area contributed by atoms with Crippen LogP contribution in [0, 0.1) is 13.8 Å². The van der Waals surface area contributed by atoms with Crippen LogP contribution in [-0.2, 0) is 6.54 Å². The number of fused-ring (bicyclic) bond motifs is 1. The maximum absolute atomic E-state index is 4.72. The number of hydrogen-bond acceptors (Lipinski definition) is 2. The predicted molar refractivity (Wildman–Crippen MR) is 92.3 cm³/mol. The lowest BCUT2D eigenvalue weighted by molar-refractivity contribution is 0.666. The summed E-state index contributed by atoms with van der Waals surface area (Å²) in [7, 11) is 0. The third-order valence-corrected chi connectivity index (χ3v) is 4.07. The van der Waals surface area contributed by atoms with Crippen molar-refractivity contribution in [1.82, 2.24) is 19.7 Å². The average Bonchev–Trinajstić information content (AvgIpc) is 3.13. The van der Waals surface area contributed by atoms with Crippen LogP contribution >= 0.6 is 0 Å². The molecule has 0 aliphatic rings. The second kappa shape index (κ2) is 5.39. The molecule has 0 atom stereocenters. The number of benzene rings is 2. The summed E-state index contributed by atoms with van der Waals surface area (Å²) in [5, 5.41) is 4.72. The molecule has 2 aromatic carbocycles. The Labute approximate surface area is 134 Å². The Bertz CT molecular complexity index is 928. The number of H-pyrrole nitrogens is 1. The maximum Gasteiger partial charge on any atom is 0.159 e. The van der Waals surface area contributed by atoms with Crippen molar-refractivity contribution in [2.24, 2.45) is 0 Å². The molecule has 0 spiro atoms. The van der Waals surface area contributed by atoms with Crippen molar-refractivity contribution < 1.29 is 0 Å². The minimum absolute atomic E-state index is 0.770. The molecule has 4 aromatic rings. The Morgan fingerprint density at radius 2 is 1.78 bits per heavy atom. The largest absolute Gasteiger partial charge is 0.337 e. The molecule has 0 unspecified atom stereocenters. The Balaban J connectivity index is 1.67. The van der Waals surface area contributed by atoms with Gasteiger partial charge in [-0.3, -0.25) is 4.68 Å². The number of aryl methyl sites for hydroxylation is 2. The van der Waals surface area contributed by atoms with Crippen molar-refractivity contribution >= 4 is 11.0 Å². The topological polar surface area (TPSA) is 46.5 Å². The molecule has 4 rings (SSSR count). The lowest BCUT2D eigenvalue weighted by Crippen LogP contribution is -2.03. The van der Waals surface area contributed by atoms with Crippen molar-refractivity contribution in [2.45, 2.75) is 20.4 Å². The Morgan fingerprint density at radius 3 is 2.57 bits per heavy atom. The average molecular weight is 302 g/mol. The van der Waals surface area contributed by atoms with Gasteiger partial charge in [-0.05, 0) is 37.6 Å². The first kappa shape index (κ1) is 13.8. The quantitative estimate of drug-likeness (QED) is 0.619. The molecule has 23 heavy (non-hydrogen) atoms. The van der Waals surface area contributed by atoms with E-state index < -0.39 is 0 Å². The molecule has 0 fully saturated rings. The van der Waals surface area contributed by atoms with E-state index in [1.807, 2.05) is 28.9 Å². The molecule has 2 aromatic heterocycles. The van der Waals surface area contributed by atoms with Crippen molar-refractivity contribution in [3.63, 3.8) is 0 Å². The van der Waals surface area contributed by atoms with Gasteiger partial charge in [-0.25, -0.2) is 4.98 Å². The molecule has 0 saturated carbocycles. The van der Waals surface area contributed by atoms with Gasteiger partial charge in [-0.15, -0.1) is 0 Å². The number of nitrogens with zero attached hydrogens (tertiary/aromatic N) is 3. The highest BCUT2D eigenvalue weighted by Gasteiger charge is 2.11. The first-order valence-corrected chi connectivity index (χ1v) is 7.74. The molecule has 2 heterocycles. The number of nitrogens with one attached hydrogen (secondary N) is 1. The molecule has 114 valence electrons. The molecule has 1 N–H and O–H groups in total. The van der Waals surface area contributed by atoms with E-state index in [0.29, 0.717) is 0 Å². The zero-order chi connectivity index (χ0) is 15.8. The molecular weight excluding hydrogens is 284 g/mol. The van der Waals surface area contributed by atoms with Crippen LogP contribution in [0.5, 0.6) is 0 Å². The van der Waals surface area contributed by atoms with Gasteiger partial charge >= 0.3 is 0 Å². The summed E-state index contributed by atoms with van der Waals surface area (Å²) in [6.07, 6.45) is 0. The summed E-state index contributed by atoms with van der Waals surface area (Å²) in [6, 6.07) is 18.7. The number of hydrogen-bond donors (Lipinski definition) is 1. The minimum Gasteiger partial charge on any atom is -0.337 e. The molecule has 0 aliphatic carbocycles. The number of aromatic amines is 1. The fourth-order valence-electron chi connectivity index (χ4n) is 2.73. The van der Waals surface area contributed by atoms with Gasteiger partial charge in [0, 0.05) is 5.69 Å². The van der Waals surface area contributed by atoms with Gasteiger partial charge in [0.15, 0.2) is 5.82 Å². The van der Waals surface area contributed by atoms with E-state index >= 15 is 0 Å². The zero-order valence-electron chi connectivity index (χ0n) is 13.2. The van der Waals surface area contributed by atoms with Crippen LogP contribution in [0.2, 0.25) is 0 Å². The highest BCUT2D eigenvalue weighted by atomic mass is 15.3. The molecule has 0 aliphatic heterocycles. The third kappa shape index (κ3) is 2.63. The Morgan fingerprint density at radius 1 is 1.00 bits per heavy atom. The van der Waals surface area contributed by atoms with Crippen LogP contribution in [0.4, 0.5) is 0 Å². The lowest BCUT2D eigenvalue weighted by Gasteiger charge is -2.04. The molecular formula is C19H18N4. The molecule has 0 bridgehead atoms. The first-order chi connectivity index (χ1) is 11.2. The maximum atomic E-state index is 4.72. The summed E-state index contributed by atoms with van der Waals surface area (Å²) >= 11 is 0. The van der Waals surface area contributed by atoms with Gasteiger partial charge in [0.05, 0.1) is 17.6 Å². The second-order valence-corrected chi connectivity index (χ2v) is 5.92. The molecule has 4 nitrogen and oxygen atoms in total. The van der Waals surface area contributed by atoms with Gasteiger partial charge in [0.1, 0.15) is 5.69 Å². The van der Waals surface area contributed by atoms with Gasteiger partial charge in [-0.1, -0.05) is 42.0 Å². The highest BCUT2D eigenvalue weighted by Crippen LogP contribution is 2.20. The number of para-hydroxylation sites is 2. The molecule has 4 heteroatoms. The summed E-state index contributed by atoms with van der Waals surface area (Å²) in [5.74, 6) is 0.817. The van der Waals surface area contributed by atoms with Crippen LogP contribution in [0.15, 0.2) is 54.6 Å². The summed E-state index contributed by atoms with van der Waals surface area (Å²) in [4.78, 5) is 7.96. The van der Waals surface area contributed by atoms with Gasteiger partial charge in [-0.2, -0.15) is 5.10 Å². The monoisotopic (exact) mass is 302 g/mol. The van der Waals surface area contributed by atoms with E-state index in [9.17, 15) is 0 Å². The van der Waals surface area contributed by atoms with E-state index in [1.54, 1.807) is 0 Å². The zero-order valence-corrected chi connectivity index (χ0v) is 13.2. The lowest BCUT2D eigenvalue weighted by atomic mass is 10.1. The number of aromatic nitrogens is 4. The van der Waals surface area contributed by atoms with Gasteiger partial charge < -0.3 is 4.98 Å². The SMILES string of the molecule is Cc1ccc(Cn2nc(-c3nc4ccccc4[nH]3)cc2C)cc1. The smallest absolute Gasteiger partial charge is 0.159 e. The first-order valence-electron chi connectivity index (χ1n) is 7.74. The minimum atomic E-state index is 0.770. The van der Waals surface area contributed by atoms with Gasteiger partial charge in [0.25, 0.3) is 0 Å². The van der Waals surface area contributed by atoms with E-state index in [2.05, 4.69) is 54.1 Å². The van der Waals surface area contributed by atoms with Crippen LogP contribution in [-0.4, -0.2) is 19.7 Å². The Kier molecular flexibility index (Phi) is 3.23. The van der Waals surface area contributed by atoms with E-state index in [4.69, 9.17) is 5.10 Å². The van der Waals surface area contributed by atoms with Crippen LogP contribution in [0.25, 0.3) is 22.6 Å².